The van der Waals surface area contributed by atoms with E-state index in [-0.39, 0.29) is 11.7 Å². The molecule has 0 radical (unpaired) electrons. The van der Waals surface area contributed by atoms with Gasteiger partial charge in [0.15, 0.2) is 0 Å². The van der Waals surface area contributed by atoms with Gasteiger partial charge in [0.05, 0.1) is 17.0 Å². The van der Waals surface area contributed by atoms with Crippen molar-refractivity contribution in [1.29, 1.82) is 0 Å². The molecule has 2 aromatic rings. The Balaban J connectivity index is 2.11. The molecule has 0 spiro atoms. The molecule has 0 saturated heterocycles. The monoisotopic (exact) mass is 274 g/mol. The van der Waals surface area contributed by atoms with Crippen LogP contribution < -0.4 is 0 Å². The number of aliphatic carboxylic acids is 1. The van der Waals surface area contributed by atoms with Crippen LogP contribution in [0.3, 0.4) is 0 Å². The summed E-state index contributed by atoms with van der Waals surface area (Å²) in [5, 5.41) is 9.35. The van der Waals surface area contributed by atoms with E-state index in [4.69, 9.17) is 0 Å². The van der Waals surface area contributed by atoms with Crippen LogP contribution >= 0.6 is 0 Å². The van der Waals surface area contributed by atoms with Crippen LogP contribution in [0.15, 0.2) is 30.4 Å². The third-order valence-electron chi connectivity index (χ3n) is 3.96. The summed E-state index contributed by atoms with van der Waals surface area (Å²) in [6.07, 6.45) is 5.05. The summed E-state index contributed by atoms with van der Waals surface area (Å²) in [6.45, 7) is 0. The van der Waals surface area contributed by atoms with Gasteiger partial charge in [0.2, 0.25) is 0 Å². The summed E-state index contributed by atoms with van der Waals surface area (Å²) < 4.78 is 15.1. The molecular weight excluding hydrogens is 259 g/mol. The highest BCUT2D eigenvalue weighted by Gasteiger charge is 2.33. The number of carbonyl (C=O) groups is 1. The summed E-state index contributed by atoms with van der Waals surface area (Å²) in [5.74, 6) is -1.07. The molecule has 20 heavy (non-hydrogen) atoms. The number of hydrogen-bond donors (Lipinski definition) is 1. The predicted octanol–water partition coefficient (Wildman–Crippen LogP) is 2.85. The molecule has 1 aromatic heterocycles. The Bertz CT molecular complexity index is 705. The van der Waals surface area contributed by atoms with Crippen molar-refractivity contribution in [2.75, 3.05) is 0 Å². The van der Waals surface area contributed by atoms with Crippen molar-refractivity contribution < 1.29 is 14.3 Å². The zero-order chi connectivity index (χ0) is 14.3. The first kappa shape index (κ1) is 12.8. The number of benzene rings is 1. The zero-order valence-electron chi connectivity index (χ0n) is 11.1. The molecule has 0 saturated carbocycles. The number of hydrogen-bond acceptors (Lipinski definition) is 2. The highest BCUT2D eigenvalue weighted by Crippen LogP contribution is 2.35. The SMILES string of the molecule is Cn1c(C2CC=CCC2C(=O)O)nc2cc(F)ccc21. The van der Waals surface area contributed by atoms with E-state index >= 15 is 0 Å². The van der Waals surface area contributed by atoms with Crippen molar-refractivity contribution in [1.82, 2.24) is 9.55 Å². The van der Waals surface area contributed by atoms with Crippen molar-refractivity contribution in [3.63, 3.8) is 0 Å². The van der Waals surface area contributed by atoms with Gasteiger partial charge >= 0.3 is 5.97 Å². The number of aryl methyl sites for hydroxylation is 1. The molecule has 4 nitrogen and oxygen atoms in total. The van der Waals surface area contributed by atoms with Crippen LogP contribution in [-0.2, 0) is 11.8 Å². The van der Waals surface area contributed by atoms with Crippen LogP contribution in [-0.4, -0.2) is 20.6 Å². The summed E-state index contributed by atoms with van der Waals surface area (Å²) in [6, 6.07) is 4.45. The van der Waals surface area contributed by atoms with Gasteiger partial charge in [0, 0.05) is 19.0 Å². The minimum atomic E-state index is -0.808. The second kappa shape index (κ2) is 4.74. The van der Waals surface area contributed by atoms with Crippen LogP contribution in [0.1, 0.15) is 24.6 Å². The quantitative estimate of drug-likeness (QED) is 0.857. The molecule has 0 aliphatic heterocycles. The maximum absolute atomic E-state index is 13.3. The van der Waals surface area contributed by atoms with Crippen LogP contribution in [0.2, 0.25) is 0 Å². The minimum Gasteiger partial charge on any atom is -0.481 e. The Morgan fingerprint density at radius 1 is 1.40 bits per heavy atom. The van der Waals surface area contributed by atoms with Gasteiger partial charge in [0.1, 0.15) is 11.6 Å². The van der Waals surface area contributed by atoms with Gasteiger partial charge in [-0.05, 0) is 25.0 Å². The maximum Gasteiger partial charge on any atom is 0.307 e. The number of fused-ring (bicyclic) bond motifs is 1. The largest absolute Gasteiger partial charge is 0.481 e. The zero-order valence-corrected chi connectivity index (χ0v) is 11.1. The first-order valence-corrected chi connectivity index (χ1v) is 6.57. The second-order valence-electron chi connectivity index (χ2n) is 5.16. The number of allylic oxidation sites excluding steroid dienone is 2. The molecule has 104 valence electrons. The molecule has 2 unspecified atom stereocenters. The van der Waals surface area contributed by atoms with Gasteiger partial charge in [-0.2, -0.15) is 0 Å². The number of imidazole rings is 1. The van der Waals surface area contributed by atoms with Gasteiger partial charge in [-0.15, -0.1) is 0 Å². The van der Waals surface area contributed by atoms with Crippen LogP contribution in [0, 0.1) is 11.7 Å². The fourth-order valence-electron chi connectivity index (χ4n) is 2.90. The van der Waals surface area contributed by atoms with Crippen molar-refractivity contribution in [3.8, 4) is 0 Å². The molecule has 2 atom stereocenters. The van der Waals surface area contributed by atoms with E-state index in [9.17, 15) is 14.3 Å². The highest BCUT2D eigenvalue weighted by molar-refractivity contribution is 5.77. The van der Waals surface area contributed by atoms with Crippen molar-refractivity contribution in [3.05, 3.63) is 42.0 Å². The Morgan fingerprint density at radius 2 is 2.15 bits per heavy atom. The van der Waals surface area contributed by atoms with E-state index in [0.717, 1.165) is 5.52 Å². The fourth-order valence-corrected chi connectivity index (χ4v) is 2.90. The Kier molecular flexibility index (Phi) is 3.04. The van der Waals surface area contributed by atoms with Crippen LogP contribution in [0.4, 0.5) is 4.39 Å². The maximum atomic E-state index is 13.3. The van der Waals surface area contributed by atoms with E-state index in [1.54, 1.807) is 6.07 Å². The summed E-state index contributed by atoms with van der Waals surface area (Å²) in [4.78, 5) is 15.8. The van der Waals surface area contributed by atoms with E-state index in [1.807, 2.05) is 23.8 Å². The summed E-state index contributed by atoms with van der Waals surface area (Å²) >= 11 is 0. The number of nitrogens with zero attached hydrogens (tertiary/aromatic N) is 2. The van der Waals surface area contributed by atoms with E-state index < -0.39 is 11.9 Å². The molecule has 1 heterocycles. The first-order valence-electron chi connectivity index (χ1n) is 6.57. The number of halogens is 1. The molecule has 0 fully saturated rings. The van der Waals surface area contributed by atoms with Crippen molar-refractivity contribution in [2.24, 2.45) is 13.0 Å². The smallest absolute Gasteiger partial charge is 0.307 e. The number of rotatable bonds is 2. The van der Waals surface area contributed by atoms with E-state index in [0.29, 0.717) is 24.2 Å². The van der Waals surface area contributed by atoms with Gasteiger partial charge < -0.3 is 9.67 Å². The first-order chi connectivity index (χ1) is 9.58. The Labute approximate surface area is 115 Å². The molecule has 1 aromatic carbocycles. The fraction of sp³-hybridized carbons (Fsp3) is 0.333. The topological polar surface area (TPSA) is 55.1 Å². The Hall–Kier alpha value is -2.17. The third kappa shape index (κ3) is 1.99. The highest BCUT2D eigenvalue weighted by atomic mass is 19.1. The minimum absolute atomic E-state index is 0.169. The van der Waals surface area contributed by atoms with Gasteiger partial charge in [0.25, 0.3) is 0 Å². The Morgan fingerprint density at radius 3 is 2.90 bits per heavy atom. The van der Waals surface area contributed by atoms with E-state index in [1.165, 1.54) is 12.1 Å². The molecule has 0 bridgehead atoms. The number of carboxylic acids is 1. The van der Waals surface area contributed by atoms with Crippen molar-refractivity contribution >= 4 is 17.0 Å². The predicted molar refractivity (Wildman–Crippen MR) is 72.9 cm³/mol. The standard InChI is InChI=1S/C15H15FN2O2/c1-18-13-7-6-9(16)8-12(13)17-14(18)10-4-2-3-5-11(10)15(19)20/h2-3,6-8,10-11H,4-5H2,1H3,(H,19,20). The lowest BCUT2D eigenvalue weighted by molar-refractivity contribution is -0.142. The summed E-state index contributed by atoms with van der Waals surface area (Å²) in [5.41, 5.74) is 1.39. The number of aromatic nitrogens is 2. The lowest BCUT2D eigenvalue weighted by atomic mass is 9.82. The van der Waals surface area contributed by atoms with Crippen LogP contribution in [0.5, 0.6) is 0 Å². The average Bonchev–Trinajstić information content (AvgIpc) is 2.75. The lowest BCUT2D eigenvalue weighted by Crippen LogP contribution is -2.25. The van der Waals surface area contributed by atoms with Crippen LogP contribution in [0.25, 0.3) is 11.0 Å². The molecule has 5 heteroatoms. The number of carboxylic acid groups (broad SMARTS) is 1. The van der Waals surface area contributed by atoms with Crippen molar-refractivity contribution in [2.45, 2.75) is 18.8 Å². The average molecular weight is 274 g/mol. The molecule has 1 N–H and O–H groups in total. The third-order valence-corrected chi connectivity index (χ3v) is 3.96. The van der Waals surface area contributed by atoms with Gasteiger partial charge in [-0.25, -0.2) is 9.37 Å². The lowest BCUT2D eigenvalue weighted by Gasteiger charge is -2.24. The molecule has 3 rings (SSSR count). The molecule has 1 aliphatic rings. The molecular formula is C15H15FN2O2. The van der Waals surface area contributed by atoms with Gasteiger partial charge in [-0.1, -0.05) is 12.2 Å². The van der Waals surface area contributed by atoms with Gasteiger partial charge in [-0.3, -0.25) is 4.79 Å². The normalized spacial score (nSPS) is 22.3. The second-order valence-corrected chi connectivity index (χ2v) is 5.16. The summed E-state index contributed by atoms with van der Waals surface area (Å²) in [7, 11) is 1.85. The van der Waals surface area contributed by atoms with E-state index in [2.05, 4.69) is 4.98 Å². The molecule has 0 amide bonds. The molecule has 1 aliphatic carbocycles.